The minimum absolute atomic E-state index is 0.599. The predicted molar refractivity (Wildman–Crippen MR) is 210 cm³/mol. The summed E-state index contributed by atoms with van der Waals surface area (Å²) in [6, 6.07) is 60.2. The average molecular weight is 665 g/mol. The molecule has 0 radical (unpaired) electrons. The number of hydrogen-bond donors (Lipinski definition) is 0. The lowest BCUT2D eigenvalue weighted by atomic mass is 10.1. The number of rotatable bonds is 5. The zero-order valence-corrected chi connectivity index (χ0v) is 27.8. The van der Waals surface area contributed by atoms with Crippen molar-refractivity contribution in [3.63, 3.8) is 0 Å². The van der Waals surface area contributed by atoms with Crippen LogP contribution in [0.1, 0.15) is 5.56 Å². The molecule has 7 aromatic carbocycles. The van der Waals surface area contributed by atoms with E-state index in [0.29, 0.717) is 23.0 Å². The van der Waals surface area contributed by atoms with Crippen LogP contribution in [0.15, 0.2) is 170 Å². The highest BCUT2D eigenvalue weighted by atomic mass is 15.1. The van der Waals surface area contributed by atoms with Crippen molar-refractivity contribution in [2.75, 3.05) is 0 Å². The maximum atomic E-state index is 9.51. The smallest absolute Gasteiger partial charge is 0.166 e. The van der Waals surface area contributed by atoms with Crippen molar-refractivity contribution in [2.45, 2.75) is 0 Å². The van der Waals surface area contributed by atoms with Crippen molar-refractivity contribution in [3.05, 3.63) is 175 Å². The number of hydrogen-bond acceptors (Lipinski definition) is 4. The molecule has 52 heavy (non-hydrogen) atoms. The topological polar surface area (TPSA) is 72.3 Å². The summed E-state index contributed by atoms with van der Waals surface area (Å²) >= 11 is 0. The molecule has 0 aliphatic rings. The largest absolute Gasteiger partial charge is 0.309 e. The van der Waals surface area contributed by atoms with Gasteiger partial charge in [-0.1, -0.05) is 115 Å². The second-order valence-corrected chi connectivity index (χ2v) is 12.8. The number of nitrogens with zero attached hydrogens (tertiary/aromatic N) is 6. The Morgan fingerprint density at radius 2 is 0.981 bits per heavy atom. The molecule has 0 fully saturated rings. The Bertz CT molecular complexity index is 2950. The van der Waals surface area contributed by atoms with E-state index in [1.807, 2.05) is 91.0 Å². The first-order valence-electron chi connectivity index (χ1n) is 17.2. The van der Waals surface area contributed by atoms with Crippen molar-refractivity contribution in [1.29, 1.82) is 5.26 Å². The molecule has 10 aromatic rings. The van der Waals surface area contributed by atoms with E-state index >= 15 is 0 Å². The van der Waals surface area contributed by atoms with Gasteiger partial charge in [0.2, 0.25) is 0 Å². The third-order valence-corrected chi connectivity index (χ3v) is 9.81. The maximum absolute atomic E-state index is 9.51. The molecule has 6 heteroatoms. The van der Waals surface area contributed by atoms with Gasteiger partial charge in [0.05, 0.1) is 39.4 Å². The number of aromatic nitrogens is 5. The van der Waals surface area contributed by atoms with Gasteiger partial charge in [0, 0.05) is 43.9 Å². The summed E-state index contributed by atoms with van der Waals surface area (Å²) in [5.41, 5.74) is 9.73. The first kappa shape index (κ1) is 29.5. The molecule has 0 N–H and O–H groups in total. The zero-order chi connectivity index (χ0) is 34.6. The second kappa shape index (κ2) is 11.9. The van der Waals surface area contributed by atoms with Gasteiger partial charge >= 0.3 is 0 Å². The van der Waals surface area contributed by atoms with E-state index in [0.717, 1.165) is 71.7 Å². The van der Waals surface area contributed by atoms with Gasteiger partial charge < -0.3 is 9.13 Å². The van der Waals surface area contributed by atoms with Crippen LogP contribution in [0.4, 0.5) is 0 Å². The Hall–Kier alpha value is -7.36. The number of benzene rings is 7. The SMILES string of the molecule is N#Cc1ccc(-n2c3ccccc3c3c2ccc2c4ccccc4n(-c4ccccc4-c4nc(-c5ccccc5)nc(-c5ccccc5)n4)c23)cc1. The van der Waals surface area contributed by atoms with E-state index in [1.54, 1.807) is 0 Å². The normalized spacial score (nSPS) is 11.4. The van der Waals surface area contributed by atoms with Gasteiger partial charge in [0.15, 0.2) is 17.5 Å². The number of nitriles is 1. The quantitative estimate of drug-likeness (QED) is 0.184. The minimum Gasteiger partial charge on any atom is -0.309 e. The van der Waals surface area contributed by atoms with Crippen molar-refractivity contribution in [2.24, 2.45) is 0 Å². The molecule has 0 aliphatic carbocycles. The summed E-state index contributed by atoms with van der Waals surface area (Å²) in [4.78, 5) is 15.2. The van der Waals surface area contributed by atoms with Crippen molar-refractivity contribution < 1.29 is 0 Å². The fraction of sp³-hybridized carbons (Fsp3) is 0. The fourth-order valence-corrected chi connectivity index (χ4v) is 7.51. The van der Waals surface area contributed by atoms with Crippen LogP contribution in [0.5, 0.6) is 0 Å². The Balaban J connectivity index is 1.31. The van der Waals surface area contributed by atoms with Gasteiger partial charge in [0.25, 0.3) is 0 Å². The summed E-state index contributed by atoms with van der Waals surface area (Å²) in [5, 5.41) is 14.1. The maximum Gasteiger partial charge on any atom is 0.166 e. The van der Waals surface area contributed by atoms with Crippen LogP contribution in [0, 0.1) is 11.3 Å². The molecular weight excluding hydrogens is 637 g/mol. The standard InChI is InChI=1S/C46H28N6/c47-29-30-23-25-33(26-24-30)51-39-21-11-8-18-36(39)42-41(51)28-27-35-34-17-7-10-20-38(34)52(43(35)42)40-22-12-9-19-37(40)46-49-44(31-13-3-1-4-14-31)48-45(50-46)32-15-5-2-6-16-32/h1-28H. The Kier molecular flexibility index (Phi) is 6.76. The van der Waals surface area contributed by atoms with E-state index in [9.17, 15) is 5.26 Å². The lowest BCUT2D eigenvalue weighted by molar-refractivity contribution is 1.06. The molecular formula is C46H28N6. The van der Waals surface area contributed by atoms with Crippen LogP contribution in [-0.4, -0.2) is 24.1 Å². The molecule has 0 atom stereocenters. The lowest BCUT2D eigenvalue weighted by Gasteiger charge is -2.15. The fourth-order valence-electron chi connectivity index (χ4n) is 7.51. The van der Waals surface area contributed by atoms with Gasteiger partial charge in [-0.3, -0.25) is 0 Å². The molecule has 0 saturated heterocycles. The van der Waals surface area contributed by atoms with Crippen LogP contribution < -0.4 is 0 Å². The molecule has 3 heterocycles. The molecule has 0 saturated carbocycles. The van der Waals surface area contributed by atoms with Crippen molar-refractivity contribution in [1.82, 2.24) is 24.1 Å². The van der Waals surface area contributed by atoms with Gasteiger partial charge in [0.1, 0.15) is 0 Å². The van der Waals surface area contributed by atoms with Crippen LogP contribution in [0.2, 0.25) is 0 Å². The monoisotopic (exact) mass is 664 g/mol. The summed E-state index contributed by atoms with van der Waals surface area (Å²) < 4.78 is 4.68. The molecule has 0 amide bonds. The Morgan fingerprint density at radius 3 is 1.65 bits per heavy atom. The average Bonchev–Trinajstić information content (AvgIpc) is 3.74. The predicted octanol–water partition coefficient (Wildman–Crippen LogP) is 10.9. The molecule has 0 spiro atoms. The third-order valence-electron chi connectivity index (χ3n) is 9.81. The van der Waals surface area contributed by atoms with Crippen molar-refractivity contribution in [3.8, 4) is 51.6 Å². The highest BCUT2D eigenvalue weighted by molar-refractivity contribution is 6.26. The minimum atomic E-state index is 0.599. The summed E-state index contributed by atoms with van der Waals surface area (Å²) in [6.07, 6.45) is 0. The first-order valence-corrected chi connectivity index (χ1v) is 17.2. The lowest BCUT2D eigenvalue weighted by Crippen LogP contribution is -2.03. The highest BCUT2D eigenvalue weighted by Crippen LogP contribution is 2.43. The number of fused-ring (bicyclic) bond motifs is 7. The molecule has 0 unspecified atom stereocenters. The van der Waals surface area contributed by atoms with E-state index in [1.165, 1.54) is 0 Å². The molecule has 6 nitrogen and oxygen atoms in total. The second-order valence-electron chi connectivity index (χ2n) is 12.8. The van der Waals surface area contributed by atoms with Crippen molar-refractivity contribution >= 4 is 43.6 Å². The third kappa shape index (κ3) is 4.61. The summed E-state index contributed by atoms with van der Waals surface area (Å²) in [7, 11) is 0. The summed E-state index contributed by atoms with van der Waals surface area (Å²) in [6.45, 7) is 0. The van der Waals surface area contributed by atoms with Gasteiger partial charge in [-0.05, 0) is 54.6 Å². The van der Waals surface area contributed by atoms with Crippen LogP contribution in [-0.2, 0) is 0 Å². The van der Waals surface area contributed by atoms with Gasteiger partial charge in [-0.25, -0.2) is 15.0 Å². The molecule has 10 rings (SSSR count). The van der Waals surface area contributed by atoms with E-state index in [-0.39, 0.29) is 0 Å². The van der Waals surface area contributed by atoms with Crippen LogP contribution >= 0.6 is 0 Å². The van der Waals surface area contributed by atoms with Gasteiger partial charge in [-0.2, -0.15) is 5.26 Å². The summed E-state index contributed by atoms with van der Waals surface area (Å²) in [5.74, 6) is 1.84. The molecule has 3 aromatic heterocycles. The van der Waals surface area contributed by atoms with Crippen LogP contribution in [0.25, 0.3) is 89.2 Å². The first-order chi connectivity index (χ1) is 25.8. The van der Waals surface area contributed by atoms with Crippen LogP contribution in [0.3, 0.4) is 0 Å². The number of para-hydroxylation sites is 3. The molecule has 0 bridgehead atoms. The van der Waals surface area contributed by atoms with E-state index < -0.39 is 0 Å². The Labute approximate surface area is 299 Å². The van der Waals surface area contributed by atoms with Gasteiger partial charge in [-0.15, -0.1) is 0 Å². The molecule has 0 aliphatic heterocycles. The molecule has 242 valence electrons. The van der Waals surface area contributed by atoms with E-state index in [4.69, 9.17) is 15.0 Å². The Morgan fingerprint density at radius 1 is 0.423 bits per heavy atom. The highest BCUT2D eigenvalue weighted by Gasteiger charge is 2.23. The van der Waals surface area contributed by atoms with E-state index in [2.05, 4.69) is 94.1 Å². The zero-order valence-electron chi connectivity index (χ0n) is 27.8.